The van der Waals surface area contributed by atoms with Gasteiger partial charge in [0.1, 0.15) is 5.84 Å². The zero-order chi connectivity index (χ0) is 17.6. The van der Waals surface area contributed by atoms with E-state index in [1.807, 2.05) is 0 Å². The number of benzene rings is 1. The molecule has 0 fully saturated rings. The number of anilines is 2. The highest BCUT2D eigenvalue weighted by Gasteiger charge is 2.19. The van der Waals surface area contributed by atoms with Crippen LogP contribution in [0.4, 0.5) is 20.2 Å². The van der Waals surface area contributed by atoms with Crippen LogP contribution in [-0.4, -0.2) is 42.9 Å². The van der Waals surface area contributed by atoms with E-state index in [9.17, 15) is 13.6 Å². The van der Waals surface area contributed by atoms with Gasteiger partial charge in [-0.3, -0.25) is 4.79 Å². The lowest BCUT2D eigenvalue weighted by atomic mass is 10.3. The van der Waals surface area contributed by atoms with Crippen molar-refractivity contribution in [3.8, 4) is 0 Å². The predicted molar refractivity (Wildman–Crippen MR) is 94.1 cm³/mol. The lowest BCUT2D eigenvalue weighted by Gasteiger charge is -2.22. The van der Waals surface area contributed by atoms with Crippen LogP contribution in [0, 0.1) is 0 Å². The molecule has 1 amide bonds. The number of halogens is 5. The third kappa shape index (κ3) is 5.27. The van der Waals surface area contributed by atoms with Crippen molar-refractivity contribution in [1.82, 2.24) is 4.90 Å². The van der Waals surface area contributed by atoms with Crippen LogP contribution in [-0.2, 0) is 4.79 Å². The first kappa shape index (κ1) is 20.1. The SMILES string of the molecule is CSNc1cc(N(C=O)/N=C(/CCl)N(C)C(F)F)c(Cl)cc1Cl. The zero-order valence-electron chi connectivity index (χ0n) is 12.1. The van der Waals surface area contributed by atoms with Crippen LogP contribution < -0.4 is 9.73 Å². The van der Waals surface area contributed by atoms with Gasteiger partial charge in [-0.2, -0.15) is 13.9 Å². The van der Waals surface area contributed by atoms with E-state index in [1.54, 1.807) is 6.26 Å². The van der Waals surface area contributed by atoms with Gasteiger partial charge in [0.25, 0.3) is 0 Å². The smallest absolute Gasteiger partial charge is 0.316 e. The van der Waals surface area contributed by atoms with Crippen molar-refractivity contribution < 1.29 is 13.6 Å². The molecule has 1 aromatic rings. The Labute approximate surface area is 151 Å². The highest BCUT2D eigenvalue weighted by molar-refractivity contribution is 7.99. The highest BCUT2D eigenvalue weighted by atomic mass is 35.5. The van der Waals surface area contributed by atoms with Gasteiger partial charge >= 0.3 is 6.55 Å². The maximum Gasteiger partial charge on any atom is 0.316 e. The molecule has 5 nitrogen and oxygen atoms in total. The second kappa shape index (κ2) is 9.36. The Morgan fingerprint density at radius 2 is 2.09 bits per heavy atom. The number of alkyl halides is 3. The fourth-order valence-corrected chi connectivity index (χ4v) is 2.67. The number of carbonyl (C=O) groups excluding carboxylic acids is 1. The molecule has 1 N–H and O–H groups in total. The first-order chi connectivity index (χ1) is 10.8. The Morgan fingerprint density at radius 3 is 2.57 bits per heavy atom. The fourth-order valence-electron chi connectivity index (χ4n) is 1.46. The average molecular weight is 406 g/mol. The number of hydrogen-bond donors (Lipinski definition) is 1. The number of carbonyl (C=O) groups is 1. The van der Waals surface area contributed by atoms with E-state index >= 15 is 0 Å². The third-order valence-electron chi connectivity index (χ3n) is 2.64. The van der Waals surface area contributed by atoms with E-state index < -0.39 is 6.55 Å². The van der Waals surface area contributed by atoms with Gasteiger partial charge in [-0.15, -0.1) is 11.6 Å². The van der Waals surface area contributed by atoms with Crippen molar-refractivity contribution >= 4 is 70.4 Å². The van der Waals surface area contributed by atoms with E-state index in [0.29, 0.717) is 22.0 Å². The first-order valence-corrected chi connectivity index (χ1v) is 8.54. The lowest BCUT2D eigenvalue weighted by molar-refractivity contribution is -0.107. The Balaban J connectivity index is 3.29. The molecule has 0 unspecified atom stereocenters. The van der Waals surface area contributed by atoms with Crippen molar-refractivity contribution in [1.29, 1.82) is 0 Å². The summed E-state index contributed by atoms with van der Waals surface area (Å²) in [4.78, 5) is 11.9. The molecular formula is C12H13Cl3F2N4OS. The largest absolute Gasteiger partial charge is 0.329 e. The molecule has 0 saturated heterocycles. The normalized spacial score (nSPS) is 11.6. The standard InChI is InChI=1S/C12H13Cl3F2N4OS/c1-20(12(16)17)11(5-13)18-21(6-22)10-4-9(19-23-2)7(14)3-8(10)15/h3-4,6,12,19H,5H2,1-2H3/b18-11-. The number of amides is 1. The van der Waals surface area contributed by atoms with E-state index in [-0.39, 0.29) is 22.4 Å². The maximum atomic E-state index is 12.7. The Morgan fingerprint density at radius 1 is 1.43 bits per heavy atom. The topological polar surface area (TPSA) is 47.9 Å². The highest BCUT2D eigenvalue weighted by Crippen LogP contribution is 2.35. The first-order valence-electron chi connectivity index (χ1n) is 6.02. The van der Waals surface area contributed by atoms with E-state index in [2.05, 4.69) is 9.82 Å². The molecule has 128 valence electrons. The third-order valence-corrected chi connectivity index (χ3v) is 3.92. The second-order valence-electron chi connectivity index (χ2n) is 4.08. The summed E-state index contributed by atoms with van der Waals surface area (Å²) in [5.41, 5.74) is 0.670. The summed E-state index contributed by atoms with van der Waals surface area (Å²) in [5, 5.41) is 5.12. The molecule has 11 heteroatoms. The molecular weight excluding hydrogens is 393 g/mol. The number of rotatable bonds is 7. The Kier molecular flexibility index (Phi) is 8.18. The van der Waals surface area contributed by atoms with Crippen molar-refractivity contribution in [2.24, 2.45) is 5.10 Å². The lowest BCUT2D eigenvalue weighted by Crippen LogP contribution is -2.35. The number of amidine groups is 1. The minimum Gasteiger partial charge on any atom is -0.329 e. The summed E-state index contributed by atoms with van der Waals surface area (Å²) in [6, 6.07) is 2.90. The quantitative estimate of drug-likeness (QED) is 0.139. The van der Waals surface area contributed by atoms with Crippen LogP contribution in [0.1, 0.15) is 0 Å². The molecule has 0 bridgehead atoms. The van der Waals surface area contributed by atoms with Crippen molar-refractivity contribution in [2.75, 3.05) is 28.9 Å². The summed E-state index contributed by atoms with van der Waals surface area (Å²) in [6.07, 6.45) is 2.12. The van der Waals surface area contributed by atoms with Crippen LogP contribution in [0.15, 0.2) is 17.2 Å². The van der Waals surface area contributed by atoms with Crippen LogP contribution in [0.2, 0.25) is 10.0 Å². The van der Waals surface area contributed by atoms with Crippen molar-refractivity contribution in [2.45, 2.75) is 6.55 Å². The Hall–Kier alpha value is -0.960. The molecule has 0 radical (unpaired) electrons. The van der Waals surface area contributed by atoms with Crippen LogP contribution in [0.3, 0.4) is 0 Å². The number of nitrogens with zero attached hydrogens (tertiary/aromatic N) is 3. The molecule has 0 aromatic heterocycles. The van der Waals surface area contributed by atoms with Gasteiger partial charge in [0, 0.05) is 13.3 Å². The van der Waals surface area contributed by atoms with Gasteiger partial charge in [-0.25, -0.2) is 5.01 Å². The molecule has 0 spiro atoms. The molecule has 23 heavy (non-hydrogen) atoms. The van der Waals surface area contributed by atoms with Gasteiger partial charge in [-0.05, 0) is 12.1 Å². The Bertz CT molecular complexity index is 592. The van der Waals surface area contributed by atoms with E-state index in [0.717, 1.165) is 12.1 Å². The summed E-state index contributed by atoms with van der Waals surface area (Å²) < 4.78 is 28.4. The number of hydrogen-bond acceptors (Lipinski definition) is 4. The maximum absolute atomic E-state index is 12.7. The monoisotopic (exact) mass is 404 g/mol. The molecule has 0 atom stereocenters. The number of nitrogens with one attached hydrogen (secondary N) is 1. The van der Waals surface area contributed by atoms with Crippen LogP contribution in [0.25, 0.3) is 0 Å². The van der Waals surface area contributed by atoms with Gasteiger partial charge < -0.3 is 9.62 Å². The molecule has 1 rings (SSSR count). The molecule has 0 heterocycles. The summed E-state index contributed by atoms with van der Waals surface area (Å²) in [5.74, 6) is -0.508. The van der Waals surface area contributed by atoms with E-state index in [1.165, 1.54) is 24.1 Å². The van der Waals surface area contributed by atoms with Gasteiger partial charge in [0.15, 0.2) is 0 Å². The average Bonchev–Trinajstić information content (AvgIpc) is 2.51. The predicted octanol–water partition coefficient (Wildman–Crippen LogP) is 4.35. The zero-order valence-corrected chi connectivity index (χ0v) is 15.1. The molecule has 0 aliphatic rings. The second-order valence-corrected chi connectivity index (χ2v) is 5.77. The molecule has 0 aliphatic heterocycles. The molecule has 1 aromatic carbocycles. The van der Waals surface area contributed by atoms with Crippen LogP contribution in [0.5, 0.6) is 0 Å². The van der Waals surface area contributed by atoms with E-state index in [4.69, 9.17) is 34.8 Å². The van der Waals surface area contributed by atoms with Gasteiger partial charge in [-0.1, -0.05) is 35.1 Å². The minimum atomic E-state index is -2.81. The van der Waals surface area contributed by atoms with Crippen molar-refractivity contribution in [3.05, 3.63) is 22.2 Å². The summed E-state index contributed by atoms with van der Waals surface area (Å²) in [6.45, 7) is -2.81. The minimum absolute atomic E-state index is 0.131. The summed E-state index contributed by atoms with van der Waals surface area (Å²) in [7, 11) is 1.11. The molecule has 0 aliphatic carbocycles. The fraction of sp³-hybridized carbons (Fsp3) is 0.333. The molecule has 0 saturated carbocycles. The van der Waals surface area contributed by atoms with Gasteiger partial charge in [0.2, 0.25) is 6.41 Å². The van der Waals surface area contributed by atoms with Gasteiger partial charge in [0.05, 0.1) is 27.3 Å². The van der Waals surface area contributed by atoms with Crippen LogP contribution >= 0.6 is 46.8 Å². The van der Waals surface area contributed by atoms with Crippen molar-refractivity contribution in [3.63, 3.8) is 0 Å². The summed E-state index contributed by atoms with van der Waals surface area (Å²) >= 11 is 19.0. The number of hydrazone groups is 1.